The normalized spacial score (nSPS) is 10.8. The van der Waals surface area contributed by atoms with Crippen LogP contribution in [0, 0.1) is 5.82 Å². The van der Waals surface area contributed by atoms with Gasteiger partial charge in [0.1, 0.15) is 18.2 Å². The van der Waals surface area contributed by atoms with E-state index >= 15 is 0 Å². The largest absolute Gasteiger partial charge is 0.488 e. The third-order valence-electron chi connectivity index (χ3n) is 2.34. The van der Waals surface area contributed by atoms with E-state index in [0.29, 0.717) is 16.8 Å². The number of hydrogen-bond acceptors (Lipinski definition) is 1. The zero-order chi connectivity index (χ0) is 12.8. The summed E-state index contributed by atoms with van der Waals surface area (Å²) in [6.07, 6.45) is 3.91. The first-order valence-corrected chi connectivity index (χ1v) is 6.34. The van der Waals surface area contributed by atoms with Crippen molar-refractivity contribution in [2.75, 3.05) is 6.61 Å². The van der Waals surface area contributed by atoms with E-state index in [2.05, 4.69) is 15.9 Å². The van der Waals surface area contributed by atoms with Gasteiger partial charge in [0.05, 0.1) is 4.47 Å². The minimum atomic E-state index is -0.283. The van der Waals surface area contributed by atoms with E-state index in [4.69, 9.17) is 4.74 Å². The van der Waals surface area contributed by atoms with Gasteiger partial charge in [0.2, 0.25) is 0 Å². The Hall–Kier alpha value is -1.61. The second-order valence-electron chi connectivity index (χ2n) is 3.70. The van der Waals surface area contributed by atoms with Gasteiger partial charge < -0.3 is 4.74 Å². The lowest BCUT2D eigenvalue weighted by Crippen LogP contribution is -1.94. The molecule has 0 aromatic heterocycles. The Kier molecular flexibility index (Phi) is 4.53. The summed E-state index contributed by atoms with van der Waals surface area (Å²) in [4.78, 5) is 0. The van der Waals surface area contributed by atoms with Gasteiger partial charge in [-0.2, -0.15) is 0 Å². The SMILES string of the molecule is Fc1ccc(OC/C=C/c2ccccc2)c(Br)c1. The highest BCUT2D eigenvalue weighted by molar-refractivity contribution is 9.10. The van der Waals surface area contributed by atoms with Gasteiger partial charge in [-0.25, -0.2) is 4.39 Å². The molecule has 1 nitrogen and oxygen atoms in total. The fourth-order valence-electron chi connectivity index (χ4n) is 1.48. The first-order chi connectivity index (χ1) is 8.75. The Morgan fingerprint density at radius 3 is 2.61 bits per heavy atom. The minimum Gasteiger partial charge on any atom is -0.488 e. The van der Waals surface area contributed by atoms with Gasteiger partial charge in [0, 0.05) is 0 Å². The van der Waals surface area contributed by atoms with E-state index in [1.807, 2.05) is 42.5 Å². The maximum Gasteiger partial charge on any atom is 0.134 e. The Morgan fingerprint density at radius 1 is 1.11 bits per heavy atom. The van der Waals surface area contributed by atoms with Crippen LogP contribution >= 0.6 is 15.9 Å². The summed E-state index contributed by atoms with van der Waals surface area (Å²) < 4.78 is 19.0. The Labute approximate surface area is 114 Å². The molecule has 0 bridgehead atoms. The third kappa shape index (κ3) is 3.70. The average molecular weight is 307 g/mol. The summed E-state index contributed by atoms with van der Waals surface area (Å²) in [7, 11) is 0. The highest BCUT2D eigenvalue weighted by atomic mass is 79.9. The number of benzene rings is 2. The molecular formula is C15H12BrFO. The van der Waals surface area contributed by atoms with Gasteiger partial charge in [0.25, 0.3) is 0 Å². The topological polar surface area (TPSA) is 9.23 Å². The minimum absolute atomic E-state index is 0.283. The highest BCUT2D eigenvalue weighted by Crippen LogP contribution is 2.25. The predicted molar refractivity (Wildman–Crippen MR) is 75.1 cm³/mol. The van der Waals surface area contributed by atoms with E-state index in [-0.39, 0.29) is 5.82 Å². The predicted octanol–water partition coefficient (Wildman–Crippen LogP) is 4.68. The van der Waals surface area contributed by atoms with Gasteiger partial charge >= 0.3 is 0 Å². The van der Waals surface area contributed by atoms with Crippen molar-refractivity contribution in [3.8, 4) is 5.75 Å². The molecule has 0 aliphatic rings. The molecule has 0 aliphatic carbocycles. The molecule has 92 valence electrons. The van der Waals surface area contributed by atoms with Crippen molar-refractivity contribution in [2.24, 2.45) is 0 Å². The van der Waals surface area contributed by atoms with Crippen LogP contribution in [0.25, 0.3) is 6.08 Å². The second kappa shape index (κ2) is 6.36. The lowest BCUT2D eigenvalue weighted by Gasteiger charge is -2.05. The van der Waals surface area contributed by atoms with Crippen LogP contribution in [0.5, 0.6) is 5.75 Å². The fraction of sp³-hybridized carbons (Fsp3) is 0.0667. The van der Waals surface area contributed by atoms with E-state index < -0.39 is 0 Å². The molecule has 0 atom stereocenters. The number of halogens is 2. The zero-order valence-electron chi connectivity index (χ0n) is 9.64. The maximum absolute atomic E-state index is 12.9. The van der Waals surface area contributed by atoms with Crippen LogP contribution in [0.1, 0.15) is 5.56 Å². The zero-order valence-corrected chi connectivity index (χ0v) is 11.2. The molecule has 0 radical (unpaired) electrons. The van der Waals surface area contributed by atoms with Crippen LogP contribution < -0.4 is 4.74 Å². The molecule has 2 aromatic carbocycles. The quantitative estimate of drug-likeness (QED) is 0.797. The second-order valence-corrected chi connectivity index (χ2v) is 4.55. The Morgan fingerprint density at radius 2 is 1.89 bits per heavy atom. The molecule has 2 aromatic rings. The van der Waals surface area contributed by atoms with Gasteiger partial charge in [-0.05, 0) is 45.8 Å². The van der Waals surface area contributed by atoms with Crippen LogP contribution in [-0.4, -0.2) is 6.61 Å². The Balaban J connectivity index is 1.91. The van der Waals surface area contributed by atoms with Crippen LogP contribution in [0.2, 0.25) is 0 Å². The van der Waals surface area contributed by atoms with Crippen molar-refractivity contribution in [3.63, 3.8) is 0 Å². The number of rotatable bonds is 4. The summed E-state index contributed by atoms with van der Waals surface area (Å²) in [6, 6.07) is 14.3. The van der Waals surface area contributed by atoms with E-state index in [9.17, 15) is 4.39 Å². The van der Waals surface area contributed by atoms with Crippen molar-refractivity contribution in [1.82, 2.24) is 0 Å². The summed E-state index contributed by atoms with van der Waals surface area (Å²) in [6.45, 7) is 0.444. The molecule has 0 heterocycles. The standard InChI is InChI=1S/C15H12BrFO/c16-14-11-13(17)8-9-15(14)18-10-4-7-12-5-2-1-3-6-12/h1-9,11H,10H2/b7-4+. The Bertz CT molecular complexity index is 537. The van der Waals surface area contributed by atoms with Crippen LogP contribution in [-0.2, 0) is 0 Å². The first-order valence-electron chi connectivity index (χ1n) is 5.55. The van der Waals surface area contributed by atoms with Gasteiger partial charge in [-0.3, -0.25) is 0 Å². The maximum atomic E-state index is 12.9. The molecule has 0 saturated heterocycles. The van der Waals surface area contributed by atoms with Crippen LogP contribution in [0.4, 0.5) is 4.39 Å². The molecule has 0 saturated carbocycles. The third-order valence-corrected chi connectivity index (χ3v) is 2.96. The molecule has 3 heteroatoms. The average Bonchev–Trinajstić information content (AvgIpc) is 2.38. The molecular weight excluding hydrogens is 295 g/mol. The van der Waals surface area contributed by atoms with Crippen molar-refractivity contribution in [1.29, 1.82) is 0 Å². The lowest BCUT2D eigenvalue weighted by atomic mass is 10.2. The first kappa shape index (κ1) is 12.8. The van der Waals surface area contributed by atoms with E-state index in [1.165, 1.54) is 12.1 Å². The van der Waals surface area contributed by atoms with Crippen molar-refractivity contribution in [3.05, 3.63) is 70.5 Å². The van der Waals surface area contributed by atoms with E-state index in [1.54, 1.807) is 6.07 Å². The number of ether oxygens (including phenoxy) is 1. The van der Waals surface area contributed by atoms with Gasteiger partial charge in [0.15, 0.2) is 0 Å². The lowest BCUT2D eigenvalue weighted by molar-refractivity contribution is 0.360. The van der Waals surface area contributed by atoms with Gasteiger partial charge in [-0.1, -0.05) is 36.4 Å². The van der Waals surface area contributed by atoms with E-state index in [0.717, 1.165) is 5.56 Å². The molecule has 0 unspecified atom stereocenters. The van der Waals surface area contributed by atoms with Gasteiger partial charge in [-0.15, -0.1) is 0 Å². The molecule has 0 N–H and O–H groups in total. The highest BCUT2D eigenvalue weighted by Gasteiger charge is 2.00. The monoisotopic (exact) mass is 306 g/mol. The fourth-order valence-corrected chi connectivity index (χ4v) is 1.94. The summed E-state index contributed by atoms with van der Waals surface area (Å²) in [5, 5.41) is 0. The number of hydrogen-bond donors (Lipinski definition) is 0. The summed E-state index contributed by atoms with van der Waals surface area (Å²) in [5.74, 6) is 0.350. The molecule has 18 heavy (non-hydrogen) atoms. The van der Waals surface area contributed by atoms with Crippen molar-refractivity contribution in [2.45, 2.75) is 0 Å². The molecule has 2 rings (SSSR count). The molecule has 0 fully saturated rings. The van der Waals surface area contributed by atoms with Crippen molar-refractivity contribution >= 4 is 22.0 Å². The van der Waals surface area contributed by atoms with Crippen molar-refractivity contribution < 1.29 is 9.13 Å². The smallest absolute Gasteiger partial charge is 0.134 e. The van der Waals surface area contributed by atoms with Crippen LogP contribution in [0.3, 0.4) is 0 Å². The molecule has 0 spiro atoms. The molecule has 0 amide bonds. The summed E-state index contributed by atoms with van der Waals surface area (Å²) in [5.41, 5.74) is 1.12. The molecule has 0 aliphatic heterocycles. The summed E-state index contributed by atoms with van der Waals surface area (Å²) >= 11 is 3.26. The van der Waals surface area contributed by atoms with Crippen LogP contribution in [0.15, 0.2) is 59.1 Å².